The van der Waals surface area contributed by atoms with Crippen LogP contribution in [0.15, 0.2) is 42.1 Å². The Kier molecular flexibility index (Phi) is 6.68. The van der Waals surface area contributed by atoms with E-state index in [0.717, 1.165) is 0 Å². The van der Waals surface area contributed by atoms with E-state index in [4.69, 9.17) is 10.5 Å². The predicted molar refractivity (Wildman–Crippen MR) is 85.7 cm³/mol. The number of hydrogen-bond donors (Lipinski definition) is 2. The van der Waals surface area contributed by atoms with Crippen molar-refractivity contribution in [3.63, 3.8) is 0 Å². The van der Waals surface area contributed by atoms with Gasteiger partial charge in [0.25, 0.3) is 5.91 Å². The van der Waals surface area contributed by atoms with Gasteiger partial charge in [-0.2, -0.15) is 0 Å². The molecule has 0 unspecified atom stereocenters. The average Bonchev–Trinajstić information content (AvgIpc) is 2.50. The maximum Gasteiger partial charge on any atom is 0.259 e. The number of primary amides is 1. The van der Waals surface area contributed by atoms with Crippen LogP contribution in [-0.4, -0.2) is 24.3 Å². The molecule has 0 bridgehead atoms. The molecule has 2 amide bonds. The minimum absolute atomic E-state index is 0.249. The molecule has 0 aromatic heterocycles. The zero-order chi connectivity index (χ0) is 15.8. The van der Waals surface area contributed by atoms with Crippen molar-refractivity contribution < 1.29 is 14.3 Å². The third kappa shape index (κ3) is 4.75. The molecule has 5 nitrogen and oxygen atoms in total. The minimum atomic E-state index is -0.600. The van der Waals surface area contributed by atoms with Gasteiger partial charge in [-0.15, -0.1) is 0 Å². The molecule has 1 aromatic rings. The molecule has 6 heteroatoms. The molecule has 21 heavy (non-hydrogen) atoms. The van der Waals surface area contributed by atoms with Gasteiger partial charge in [-0.3, -0.25) is 9.59 Å². The molecule has 1 aromatic carbocycles. The van der Waals surface area contributed by atoms with Gasteiger partial charge in [0.2, 0.25) is 5.91 Å². The molecule has 3 N–H and O–H groups in total. The van der Waals surface area contributed by atoms with Crippen LogP contribution in [0.2, 0.25) is 0 Å². The number of ether oxygens (including phenoxy) is 1. The molecule has 0 radical (unpaired) electrons. The number of methoxy groups -OCH3 is 1. The van der Waals surface area contributed by atoms with Crippen LogP contribution in [0.4, 0.5) is 0 Å². The van der Waals surface area contributed by atoms with Crippen molar-refractivity contribution in [2.75, 3.05) is 12.4 Å². The Morgan fingerprint density at radius 2 is 2.14 bits per heavy atom. The standard InChI is InChI=1S/C15H17BrN2O3/c1-3-11(5-4-8-16)18-15(20)12-9-10(14(17)19)6-7-13(12)21-2/h3-7,9H,8H2,1-2H3,(H2,17,19)(H,18,20)/b5-4-,11-3+. The van der Waals surface area contributed by atoms with Crippen molar-refractivity contribution in [1.82, 2.24) is 5.32 Å². The largest absolute Gasteiger partial charge is 0.496 e. The smallest absolute Gasteiger partial charge is 0.259 e. The topological polar surface area (TPSA) is 81.4 Å². The quantitative estimate of drug-likeness (QED) is 0.609. The molecular formula is C15H17BrN2O3. The number of hydrogen-bond acceptors (Lipinski definition) is 3. The molecule has 0 aliphatic rings. The van der Waals surface area contributed by atoms with Gasteiger partial charge in [0.15, 0.2) is 0 Å². The first kappa shape index (κ1) is 17.0. The Morgan fingerprint density at radius 3 is 2.67 bits per heavy atom. The van der Waals surface area contributed by atoms with E-state index in [-0.39, 0.29) is 17.0 Å². The van der Waals surface area contributed by atoms with Crippen LogP contribution >= 0.6 is 15.9 Å². The Hall–Kier alpha value is -2.08. The third-order valence-electron chi connectivity index (χ3n) is 2.68. The molecular weight excluding hydrogens is 336 g/mol. The summed E-state index contributed by atoms with van der Waals surface area (Å²) in [6.45, 7) is 1.81. The summed E-state index contributed by atoms with van der Waals surface area (Å²) in [6.07, 6.45) is 5.39. The van der Waals surface area contributed by atoms with E-state index in [2.05, 4.69) is 21.2 Å². The molecule has 112 valence electrons. The van der Waals surface area contributed by atoms with Gasteiger partial charge < -0.3 is 15.8 Å². The molecule has 1 rings (SSSR count). The number of amides is 2. The number of carbonyl (C=O) groups excluding carboxylic acids is 2. The lowest BCUT2D eigenvalue weighted by atomic mass is 10.1. The number of carbonyl (C=O) groups is 2. The molecule has 0 aliphatic heterocycles. The van der Waals surface area contributed by atoms with Crippen molar-refractivity contribution in [2.24, 2.45) is 5.73 Å². The summed E-state index contributed by atoms with van der Waals surface area (Å²) >= 11 is 3.27. The van der Waals surface area contributed by atoms with E-state index in [9.17, 15) is 9.59 Å². The zero-order valence-corrected chi connectivity index (χ0v) is 13.4. The number of halogens is 1. The normalized spacial score (nSPS) is 11.5. The maximum absolute atomic E-state index is 12.3. The highest BCUT2D eigenvalue weighted by atomic mass is 79.9. The first-order valence-corrected chi connectivity index (χ1v) is 7.33. The second-order valence-corrected chi connectivity index (χ2v) is 4.68. The zero-order valence-electron chi connectivity index (χ0n) is 11.9. The van der Waals surface area contributed by atoms with Gasteiger partial charge in [0, 0.05) is 16.6 Å². The van der Waals surface area contributed by atoms with E-state index in [0.29, 0.717) is 16.8 Å². The van der Waals surface area contributed by atoms with E-state index >= 15 is 0 Å². The minimum Gasteiger partial charge on any atom is -0.496 e. The van der Waals surface area contributed by atoms with E-state index < -0.39 is 5.91 Å². The van der Waals surface area contributed by atoms with Crippen LogP contribution in [0.25, 0.3) is 0 Å². The van der Waals surface area contributed by atoms with Crippen molar-refractivity contribution in [1.29, 1.82) is 0 Å². The summed E-state index contributed by atoms with van der Waals surface area (Å²) in [6, 6.07) is 4.47. The average molecular weight is 353 g/mol. The van der Waals surface area contributed by atoms with Crippen LogP contribution in [0.1, 0.15) is 27.6 Å². The summed E-state index contributed by atoms with van der Waals surface area (Å²) in [5, 5.41) is 3.42. The summed E-state index contributed by atoms with van der Waals surface area (Å²) in [5.74, 6) is -0.600. The first-order chi connectivity index (χ1) is 10.0. The van der Waals surface area contributed by atoms with Crippen LogP contribution in [0.3, 0.4) is 0 Å². The Labute approximate surface area is 132 Å². The Bertz CT molecular complexity index is 595. The fourth-order valence-electron chi connectivity index (χ4n) is 1.62. The number of allylic oxidation sites excluding steroid dienone is 3. The second kappa shape index (κ2) is 8.26. The number of nitrogens with two attached hydrogens (primary N) is 1. The maximum atomic E-state index is 12.3. The molecule has 0 heterocycles. The third-order valence-corrected chi connectivity index (χ3v) is 3.06. The second-order valence-electron chi connectivity index (χ2n) is 4.03. The van der Waals surface area contributed by atoms with E-state index in [1.165, 1.54) is 19.2 Å². The van der Waals surface area contributed by atoms with Gasteiger partial charge in [-0.25, -0.2) is 0 Å². The lowest BCUT2D eigenvalue weighted by molar-refractivity contribution is 0.0964. The van der Waals surface area contributed by atoms with Crippen LogP contribution < -0.4 is 15.8 Å². The van der Waals surface area contributed by atoms with Crippen molar-refractivity contribution in [2.45, 2.75) is 6.92 Å². The number of nitrogens with one attached hydrogen (secondary N) is 1. The van der Waals surface area contributed by atoms with Crippen LogP contribution in [-0.2, 0) is 0 Å². The van der Waals surface area contributed by atoms with E-state index in [1.54, 1.807) is 18.2 Å². The summed E-state index contributed by atoms with van der Waals surface area (Å²) in [4.78, 5) is 23.5. The monoisotopic (exact) mass is 352 g/mol. The highest BCUT2D eigenvalue weighted by Gasteiger charge is 2.15. The summed E-state index contributed by atoms with van der Waals surface area (Å²) < 4.78 is 5.14. The fourth-order valence-corrected chi connectivity index (χ4v) is 1.81. The number of alkyl halides is 1. The highest BCUT2D eigenvalue weighted by Crippen LogP contribution is 2.20. The van der Waals surface area contributed by atoms with Crippen LogP contribution in [0, 0.1) is 0 Å². The van der Waals surface area contributed by atoms with E-state index in [1.807, 2.05) is 13.0 Å². The summed E-state index contributed by atoms with van der Waals surface area (Å²) in [5.41, 5.74) is 6.37. The number of benzene rings is 1. The fraction of sp³-hybridized carbons (Fsp3) is 0.200. The van der Waals surface area contributed by atoms with Crippen molar-refractivity contribution >= 4 is 27.7 Å². The van der Waals surface area contributed by atoms with Gasteiger partial charge in [-0.1, -0.05) is 28.1 Å². The first-order valence-electron chi connectivity index (χ1n) is 6.21. The number of rotatable bonds is 6. The lowest BCUT2D eigenvalue weighted by Gasteiger charge is -2.11. The SMILES string of the molecule is C/C=C(\C=C/CBr)NC(=O)c1cc(C(N)=O)ccc1OC. The van der Waals surface area contributed by atoms with Crippen LogP contribution in [0.5, 0.6) is 5.75 Å². The highest BCUT2D eigenvalue weighted by molar-refractivity contribution is 9.09. The Morgan fingerprint density at radius 1 is 1.43 bits per heavy atom. The molecule has 0 spiro atoms. The molecule has 0 saturated heterocycles. The van der Waals surface area contributed by atoms with Gasteiger partial charge >= 0.3 is 0 Å². The Balaban J connectivity index is 3.08. The molecule has 0 fully saturated rings. The van der Waals surface area contributed by atoms with Gasteiger partial charge in [-0.05, 0) is 31.2 Å². The molecule has 0 atom stereocenters. The predicted octanol–water partition coefficient (Wildman–Crippen LogP) is 2.38. The van der Waals surface area contributed by atoms with Gasteiger partial charge in [0.05, 0.1) is 12.7 Å². The lowest BCUT2D eigenvalue weighted by Crippen LogP contribution is -2.23. The van der Waals surface area contributed by atoms with Crippen molar-refractivity contribution in [3.05, 3.63) is 53.3 Å². The molecule has 0 saturated carbocycles. The summed E-state index contributed by atoms with van der Waals surface area (Å²) in [7, 11) is 1.46. The van der Waals surface area contributed by atoms with Crippen molar-refractivity contribution in [3.8, 4) is 5.75 Å². The molecule has 0 aliphatic carbocycles. The van der Waals surface area contributed by atoms with Gasteiger partial charge in [0.1, 0.15) is 5.75 Å².